The number of benzene rings is 2. The first-order valence-corrected chi connectivity index (χ1v) is 11.8. The van der Waals surface area contributed by atoms with Crippen molar-refractivity contribution >= 4 is 15.9 Å². The quantitative estimate of drug-likeness (QED) is 0.728. The summed E-state index contributed by atoms with van der Waals surface area (Å²) in [5, 5.41) is 2.91. The van der Waals surface area contributed by atoms with Crippen LogP contribution in [-0.4, -0.2) is 26.4 Å². The van der Waals surface area contributed by atoms with Gasteiger partial charge in [-0.15, -0.1) is 0 Å². The fraction of sp³-hybridized carbons (Fsp3) is 0.435. The molecular weight excluding hydrogens is 384 g/mol. The van der Waals surface area contributed by atoms with Gasteiger partial charge >= 0.3 is 0 Å². The van der Waals surface area contributed by atoms with E-state index in [-0.39, 0.29) is 18.0 Å². The Hall–Kier alpha value is -2.18. The Labute approximate surface area is 174 Å². The highest BCUT2D eigenvalue weighted by molar-refractivity contribution is 7.89. The molecule has 3 rings (SSSR count). The van der Waals surface area contributed by atoms with Crippen molar-refractivity contribution in [2.75, 3.05) is 0 Å². The maximum atomic E-state index is 13.3. The Kier molecular flexibility index (Phi) is 7.09. The van der Waals surface area contributed by atoms with Crippen LogP contribution in [0.25, 0.3) is 0 Å². The van der Waals surface area contributed by atoms with E-state index in [1.165, 1.54) is 12.5 Å². The second-order valence-electron chi connectivity index (χ2n) is 7.92. The summed E-state index contributed by atoms with van der Waals surface area (Å²) in [6.07, 6.45) is 4.91. The van der Waals surface area contributed by atoms with Crippen LogP contribution in [0.5, 0.6) is 0 Å². The molecule has 0 heterocycles. The lowest BCUT2D eigenvalue weighted by atomic mass is 9.91. The van der Waals surface area contributed by atoms with E-state index >= 15 is 0 Å². The third kappa shape index (κ3) is 5.90. The summed E-state index contributed by atoms with van der Waals surface area (Å²) in [6.45, 7) is 3.45. The third-order valence-electron chi connectivity index (χ3n) is 5.49. The monoisotopic (exact) mass is 414 g/mol. The molecule has 2 aromatic rings. The predicted octanol–water partition coefficient (Wildman–Crippen LogP) is 3.51. The van der Waals surface area contributed by atoms with Gasteiger partial charge in [-0.1, -0.05) is 60.9 Å². The molecular formula is C23H30N2O3S. The van der Waals surface area contributed by atoms with E-state index < -0.39 is 10.0 Å². The molecule has 0 radical (unpaired) electrons. The molecule has 2 atom stereocenters. The minimum absolute atomic E-state index is 0.125. The molecule has 156 valence electrons. The lowest BCUT2D eigenvalue weighted by Gasteiger charge is -2.32. The zero-order chi connectivity index (χ0) is 20.9. The zero-order valence-corrected chi connectivity index (χ0v) is 18.0. The number of sulfonamides is 1. The van der Waals surface area contributed by atoms with Gasteiger partial charge in [-0.2, -0.15) is 0 Å². The molecule has 0 saturated heterocycles. The van der Waals surface area contributed by atoms with Gasteiger partial charge < -0.3 is 5.32 Å². The number of aryl methyl sites for hydroxylation is 3. The van der Waals surface area contributed by atoms with Crippen LogP contribution in [0.15, 0.2) is 53.4 Å². The molecule has 1 saturated carbocycles. The lowest BCUT2D eigenvalue weighted by Crippen LogP contribution is -2.52. The second-order valence-corrected chi connectivity index (χ2v) is 9.60. The van der Waals surface area contributed by atoms with Gasteiger partial charge in [0.2, 0.25) is 15.9 Å². The van der Waals surface area contributed by atoms with Crippen LogP contribution in [0.1, 0.15) is 49.3 Å². The first kappa shape index (κ1) is 21.5. The molecule has 1 fully saturated rings. The summed E-state index contributed by atoms with van der Waals surface area (Å²) < 4.78 is 29.4. The second kappa shape index (κ2) is 9.55. The van der Waals surface area contributed by atoms with Crippen LogP contribution in [0, 0.1) is 6.92 Å². The summed E-state index contributed by atoms with van der Waals surface area (Å²) in [7, 11) is -3.68. The molecule has 0 aromatic heterocycles. The maximum Gasteiger partial charge on any atom is 0.241 e. The van der Waals surface area contributed by atoms with Crippen LogP contribution < -0.4 is 10.0 Å². The van der Waals surface area contributed by atoms with Crippen molar-refractivity contribution in [2.24, 2.45) is 0 Å². The SMILES string of the molecule is CC(=O)N[C@H]1CCCC[C@H]1NS(=O)(=O)c1ccc(C)cc1CCc1ccccc1. The summed E-state index contributed by atoms with van der Waals surface area (Å²) in [6, 6.07) is 15.2. The molecule has 1 aliphatic carbocycles. The number of nitrogens with one attached hydrogen (secondary N) is 2. The number of amides is 1. The minimum atomic E-state index is -3.68. The van der Waals surface area contributed by atoms with Gasteiger partial charge in [0.1, 0.15) is 0 Å². The first-order chi connectivity index (χ1) is 13.8. The summed E-state index contributed by atoms with van der Waals surface area (Å²) in [5.41, 5.74) is 3.05. The number of hydrogen-bond acceptors (Lipinski definition) is 3. The van der Waals surface area contributed by atoms with Gasteiger partial charge in [-0.3, -0.25) is 4.79 Å². The average molecular weight is 415 g/mol. The van der Waals surface area contributed by atoms with E-state index in [0.29, 0.717) is 11.3 Å². The molecule has 29 heavy (non-hydrogen) atoms. The standard InChI is InChI=1S/C23H30N2O3S/c1-17-12-15-23(20(16-17)14-13-19-8-4-3-5-9-19)29(27,28)25-22-11-7-6-10-21(22)24-18(2)26/h3-5,8-9,12,15-16,21-22,25H,6-7,10-11,13-14H2,1-2H3,(H,24,26)/t21-,22+/m0/s1. The third-order valence-corrected chi connectivity index (χ3v) is 7.08. The van der Waals surface area contributed by atoms with Crippen molar-refractivity contribution < 1.29 is 13.2 Å². The van der Waals surface area contributed by atoms with Crippen LogP contribution in [0.3, 0.4) is 0 Å². The van der Waals surface area contributed by atoms with Crippen LogP contribution in [-0.2, 0) is 27.7 Å². The molecule has 0 aliphatic heterocycles. The van der Waals surface area contributed by atoms with Crippen LogP contribution in [0.2, 0.25) is 0 Å². The van der Waals surface area contributed by atoms with Crippen molar-refractivity contribution in [1.82, 2.24) is 10.0 Å². The Morgan fingerprint density at radius 2 is 1.69 bits per heavy atom. The van der Waals surface area contributed by atoms with E-state index in [1.54, 1.807) is 6.07 Å². The van der Waals surface area contributed by atoms with Crippen molar-refractivity contribution in [2.45, 2.75) is 69.4 Å². The van der Waals surface area contributed by atoms with Crippen LogP contribution >= 0.6 is 0 Å². The number of hydrogen-bond donors (Lipinski definition) is 2. The highest BCUT2D eigenvalue weighted by Gasteiger charge is 2.30. The summed E-state index contributed by atoms with van der Waals surface area (Å²) in [5.74, 6) is -0.125. The van der Waals surface area contributed by atoms with Gasteiger partial charge in [0.25, 0.3) is 0 Å². The van der Waals surface area contributed by atoms with Gasteiger partial charge in [0.15, 0.2) is 0 Å². The van der Waals surface area contributed by atoms with E-state index in [0.717, 1.165) is 43.2 Å². The van der Waals surface area contributed by atoms with E-state index in [1.807, 2.05) is 37.3 Å². The zero-order valence-electron chi connectivity index (χ0n) is 17.1. The van der Waals surface area contributed by atoms with Crippen LogP contribution in [0.4, 0.5) is 0 Å². The highest BCUT2D eigenvalue weighted by Crippen LogP contribution is 2.24. The minimum Gasteiger partial charge on any atom is -0.352 e. The van der Waals surface area contributed by atoms with Gasteiger partial charge in [0, 0.05) is 19.0 Å². The molecule has 0 bridgehead atoms. The average Bonchev–Trinajstić information content (AvgIpc) is 2.68. The summed E-state index contributed by atoms with van der Waals surface area (Å²) >= 11 is 0. The van der Waals surface area contributed by atoms with Crippen molar-refractivity contribution in [3.63, 3.8) is 0 Å². The molecule has 6 heteroatoms. The maximum absolute atomic E-state index is 13.3. The molecule has 0 spiro atoms. The molecule has 2 N–H and O–H groups in total. The molecule has 1 aliphatic rings. The smallest absolute Gasteiger partial charge is 0.241 e. The Morgan fingerprint density at radius 3 is 2.38 bits per heavy atom. The predicted molar refractivity (Wildman–Crippen MR) is 115 cm³/mol. The van der Waals surface area contributed by atoms with E-state index in [4.69, 9.17) is 0 Å². The number of carbonyl (C=O) groups excluding carboxylic acids is 1. The normalized spacial score (nSPS) is 19.7. The fourth-order valence-electron chi connectivity index (χ4n) is 4.06. The molecule has 1 amide bonds. The summed E-state index contributed by atoms with van der Waals surface area (Å²) in [4.78, 5) is 11.9. The van der Waals surface area contributed by atoms with Crippen molar-refractivity contribution in [3.8, 4) is 0 Å². The van der Waals surface area contributed by atoms with Gasteiger partial charge in [-0.05, 0) is 49.8 Å². The fourth-order valence-corrected chi connectivity index (χ4v) is 5.62. The topological polar surface area (TPSA) is 75.3 Å². The molecule has 2 aromatic carbocycles. The first-order valence-electron chi connectivity index (χ1n) is 10.3. The van der Waals surface area contributed by atoms with E-state index in [2.05, 4.69) is 22.2 Å². The lowest BCUT2D eigenvalue weighted by molar-refractivity contribution is -0.120. The van der Waals surface area contributed by atoms with Crippen molar-refractivity contribution in [1.29, 1.82) is 0 Å². The number of carbonyl (C=O) groups is 1. The Bertz CT molecular complexity index is 942. The Morgan fingerprint density at radius 1 is 1.00 bits per heavy atom. The highest BCUT2D eigenvalue weighted by atomic mass is 32.2. The van der Waals surface area contributed by atoms with Crippen molar-refractivity contribution in [3.05, 3.63) is 65.2 Å². The number of rotatable bonds is 7. The molecule has 5 nitrogen and oxygen atoms in total. The Balaban J connectivity index is 1.81. The van der Waals surface area contributed by atoms with E-state index in [9.17, 15) is 13.2 Å². The largest absolute Gasteiger partial charge is 0.352 e. The molecule has 0 unspecified atom stereocenters. The van der Waals surface area contributed by atoms with Gasteiger partial charge in [-0.25, -0.2) is 13.1 Å². The van der Waals surface area contributed by atoms with Gasteiger partial charge in [0.05, 0.1) is 4.90 Å².